The zero-order chi connectivity index (χ0) is 15.8. The number of nitrogens with one attached hydrogen (secondary N) is 1. The fourth-order valence-corrected chi connectivity index (χ4v) is 2.71. The highest BCUT2D eigenvalue weighted by Crippen LogP contribution is 2.30. The van der Waals surface area contributed by atoms with Crippen molar-refractivity contribution >= 4 is 17.7 Å². The van der Waals surface area contributed by atoms with Crippen LogP contribution in [0.3, 0.4) is 0 Å². The van der Waals surface area contributed by atoms with E-state index >= 15 is 0 Å². The molecule has 21 heavy (non-hydrogen) atoms. The van der Waals surface area contributed by atoms with Crippen LogP contribution >= 0.6 is 0 Å². The SMILES string of the molecule is CCC1CCC(C(=O)NC(CCC(=O)C#N)C(=O)O)CC1. The van der Waals surface area contributed by atoms with Crippen LogP contribution in [0.4, 0.5) is 0 Å². The minimum atomic E-state index is -1.17. The van der Waals surface area contributed by atoms with Gasteiger partial charge in [-0.15, -0.1) is 0 Å². The second kappa shape index (κ2) is 8.40. The molecule has 0 aliphatic heterocycles. The molecular formula is C15H22N2O4. The third-order valence-electron chi connectivity index (χ3n) is 4.19. The maximum Gasteiger partial charge on any atom is 0.326 e. The smallest absolute Gasteiger partial charge is 0.326 e. The minimum Gasteiger partial charge on any atom is -0.480 e. The number of Topliss-reactive ketones (excluding diaryl/α,β-unsaturated/α-hetero) is 1. The molecule has 0 saturated heterocycles. The Balaban J connectivity index is 2.47. The van der Waals surface area contributed by atoms with Crippen LogP contribution in [0, 0.1) is 23.2 Å². The molecule has 1 fully saturated rings. The van der Waals surface area contributed by atoms with Crippen molar-refractivity contribution in [2.24, 2.45) is 11.8 Å². The highest BCUT2D eigenvalue weighted by atomic mass is 16.4. The molecule has 0 bridgehead atoms. The first-order chi connectivity index (χ1) is 9.97. The van der Waals surface area contributed by atoms with Crippen molar-refractivity contribution in [1.29, 1.82) is 5.26 Å². The third kappa shape index (κ3) is 5.54. The zero-order valence-electron chi connectivity index (χ0n) is 12.3. The number of rotatable bonds is 7. The lowest BCUT2D eigenvalue weighted by molar-refractivity contribution is -0.143. The predicted octanol–water partition coefficient (Wildman–Crippen LogP) is 1.65. The number of nitriles is 1. The molecule has 116 valence electrons. The van der Waals surface area contributed by atoms with Gasteiger partial charge in [0.05, 0.1) is 0 Å². The van der Waals surface area contributed by atoms with Crippen LogP contribution < -0.4 is 5.32 Å². The van der Waals surface area contributed by atoms with Gasteiger partial charge in [-0.25, -0.2) is 4.79 Å². The highest BCUT2D eigenvalue weighted by Gasteiger charge is 2.28. The molecule has 0 radical (unpaired) electrons. The Labute approximate surface area is 124 Å². The molecule has 1 saturated carbocycles. The van der Waals surface area contributed by atoms with Gasteiger partial charge in [0.1, 0.15) is 12.1 Å². The Morgan fingerprint density at radius 1 is 1.29 bits per heavy atom. The van der Waals surface area contributed by atoms with Crippen LogP contribution in [-0.4, -0.2) is 28.8 Å². The van der Waals surface area contributed by atoms with Crippen LogP contribution in [0.2, 0.25) is 0 Å². The van der Waals surface area contributed by atoms with Crippen LogP contribution in [-0.2, 0) is 14.4 Å². The van der Waals surface area contributed by atoms with Crippen molar-refractivity contribution in [3.63, 3.8) is 0 Å². The predicted molar refractivity (Wildman–Crippen MR) is 75.2 cm³/mol. The summed E-state index contributed by atoms with van der Waals surface area (Å²) in [6.45, 7) is 2.14. The monoisotopic (exact) mass is 294 g/mol. The van der Waals surface area contributed by atoms with Crippen molar-refractivity contribution in [3.05, 3.63) is 0 Å². The van der Waals surface area contributed by atoms with E-state index in [4.69, 9.17) is 10.4 Å². The number of ketones is 1. The van der Waals surface area contributed by atoms with Gasteiger partial charge in [0.25, 0.3) is 0 Å². The number of nitrogens with zero attached hydrogens (tertiary/aromatic N) is 1. The van der Waals surface area contributed by atoms with Gasteiger partial charge in [-0.1, -0.05) is 13.3 Å². The average Bonchev–Trinajstić information content (AvgIpc) is 2.50. The average molecular weight is 294 g/mol. The number of carboxylic acids is 1. The highest BCUT2D eigenvalue weighted by molar-refractivity contribution is 5.93. The quantitative estimate of drug-likeness (QED) is 0.694. The first kappa shape index (κ1) is 17.2. The number of carbonyl (C=O) groups excluding carboxylic acids is 2. The molecule has 6 nitrogen and oxygen atoms in total. The van der Waals surface area contributed by atoms with Crippen LogP contribution in [0.25, 0.3) is 0 Å². The summed E-state index contributed by atoms with van der Waals surface area (Å²) in [5, 5.41) is 20.0. The summed E-state index contributed by atoms with van der Waals surface area (Å²) in [5.41, 5.74) is 0. The van der Waals surface area contributed by atoms with E-state index in [1.54, 1.807) is 0 Å². The molecule has 1 amide bonds. The van der Waals surface area contributed by atoms with Gasteiger partial charge >= 0.3 is 5.97 Å². The fourth-order valence-electron chi connectivity index (χ4n) is 2.71. The van der Waals surface area contributed by atoms with E-state index in [1.807, 2.05) is 0 Å². The van der Waals surface area contributed by atoms with Gasteiger partial charge in [0, 0.05) is 12.3 Å². The van der Waals surface area contributed by atoms with Crippen molar-refractivity contribution < 1.29 is 19.5 Å². The van der Waals surface area contributed by atoms with E-state index in [0.717, 1.165) is 32.1 Å². The molecule has 0 spiro atoms. The molecule has 0 heterocycles. The van der Waals surface area contributed by atoms with E-state index in [1.165, 1.54) is 6.07 Å². The summed E-state index contributed by atoms with van der Waals surface area (Å²) in [5.74, 6) is -1.56. The van der Waals surface area contributed by atoms with Gasteiger partial charge in [-0.05, 0) is 38.0 Å². The molecule has 1 atom stereocenters. The van der Waals surface area contributed by atoms with Crippen LogP contribution in [0.5, 0.6) is 0 Å². The lowest BCUT2D eigenvalue weighted by Crippen LogP contribution is -2.44. The Morgan fingerprint density at radius 3 is 2.38 bits per heavy atom. The first-order valence-corrected chi connectivity index (χ1v) is 7.44. The molecule has 1 aliphatic carbocycles. The van der Waals surface area contributed by atoms with E-state index < -0.39 is 17.8 Å². The Morgan fingerprint density at radius 2 is 1.90 bits per heavy atom. The van der Waals surface area contributed by atoms with Crippen LogP contribution in [0.1, 0.15) is 51.9 Å². The van der Waals surface area contributed by atoms with Crippen LogP contribution in [0.15, 0.2) is 0 Å². The zero-order valence-corrected chi connectivity index (χ0v) is 12.3. The summed E-state index contributed by atoms with van der Waals surface area (Å²) in [4.78, 5) is 34.1. The topological polar surface area (TPSA) is 107 Å². The third-order valence-corrected chi connectivity index (χ3v) is 4.19. The molecule has 0 aromatic rings. The largest absolute Gasteiger partial charge is 0.480 e. The molecule has 0 aromatic heterocycles. The van der Waals surface area contributed by atoms with E-state index in [0.29, 0.717) is 5.92 Å². The fraction of sp³-hybridized carbons (Fsp3) is 0.733. The second-order valence-electron chi connectivity index (χ2n) is 5.60. The van der Waals surface area contributed by atoms with Crippen molar-refractivity contribution in [2.45, 2.75) is 57.9 Å². The van der Waals surface area contributed by atoms with Gasteiger partial charge < -0.3 is 10.4 Å². The Kier molecular flexibility index (Phi) is 6.86. The normalized spacial score (nSPS) is 22.9. The first-order valence-electron chi connectivity index (χ1n) is 7.44. The number of carbonyl (C=O) groups is 3. The van der Waals surface area contributed by atoms with Crippen molar-refractivity contribution in [2.75, 3.05) is 0 Å². The lowest BCUT2D eigenvalue weighted by atomic mass is 9.80. The van der Waals surface area contributed by atoms with Gasteiger partial charge in [-0.3, -0.25) is 9.59 Å². The summed E-state index contributed by atoms with van der Waals surface area (Å²) >= 11 is 0. The summed E-state index contributed by atoms with van der Waals surface area (Å²) in [7, 11) is 0. The standard InChI is InChI=1S/C15H22N2O4/c1-2-10-3-5-11(6-4-10)14(19)17-13(15(20)21)8-7-12(18)9-16/h10-11,13H,2-8H2,1H3,(H,17,19)(H,20,21). The van der Waals surface area contributed by atoms with E-state index in [-0.39, 0.29) is 24.7 Å². The van der Waals surface area contributed by atoms with E-state index in [2.05, 4.69) is 12.2 Å². The number of amides is 1. The van der Waals surface area contributed by atoms with Gasteiger partial charge in [0.2, 0.25) is 11.7 Å². The molecule has 6 heteroatoms. The number of hydrogen-bond acceptors (Lipinski definition) is 4. The van der Waals surface area contributed by atoms with Gasteiger partial charge in [-0.2, -0.15) is 5.26 Å². The molecule has 2 N–H and O–H groups in total. The second-order valence-corrected chi connectivity index (χ2v) is 5.60. The van der Waals surface area contributed by atoms with Crippen molar-refractivity contribution in [3.8, 4) is 6.07 Å². The minimum absolute atomic E-state index is 0.0439. The maximum absolute atomic E-state index is 12.1. The number of hydrogen-bond donors (Lipinski definition) is 2. The Hall–Kier alpha value is -1.90. The summed E-state index contributed by atoms with van der Waals surface area (Å²) in [6.07, 6.45) is 4.48. The van der Waals surface area contributed by atoms with Crippen molar-refractivity contribution in [1.82, 2.24) is 5.32 Å². The molecule has 1 rings (SSSR count). The van der Waals surface area contributed by atoms with Gasteiger partial charge in [0.15, 0.2) is 0 Å². The molecule has 0 aromatic carbocycles. The number of carboxylic acid groups (broad SMARTS) is 1. The Bertz CT molecular complexity index is 433. The maximum atomic E-state index is 12.1. The van der Waals surface area contributed by atoms with E-state index in [9.17, 15) is 14.4 Å². The molecular weight excluding hydrogens is 272 g/mol. The number of aliphatic carboxylic acids is 1. The molecule has 1 unspecified atom stereocenters. The summed E-state index contributed by atoms with van der Waals surface area (Å²) in [6, 6.07) is 0.344. The summed E-state index contributed by atoms with van der Waals surface area (Å²) < 4.78 is 0. The lowest BCUT2D eigenvalue weighted by Gasteiger charge is -2.27. The molecule has 1 aliphatic rings.